The fourth-order valence-electron chi connectivity index (χ4n) is 2.08. The van der Waals surface area contributed by atoms with Crippen molar-refractivity contribution in [2.45, 2.75) is 46.1 Å². The summed E-state index contributed by atoms with van der Waals surface area (Å²) in [5.41, 5.74) is 7.72. The monoisotopic (exact) mass is 291 g/mol. The number of benzene rings is 1. The van der Waals surface area contributed by atoms with Crippen LogP contribution in [0.25, 0.3) is 0 Å². The van der Waals surface area contributed by atoms with Crippen molar-refractivity contribution in [2.75, 3.05) is 24.5 Å². The van der Waals surface area contributed by atoms with Crippen molar-refractivity contribution in [1.29, 1.82) is 0 Å². The van der Waals surface area contributed by atoms with Gasteiger partial charge in [-0.15, -0.1) is 0 Å². The van der Waals surface area contributed by atoms with Gasteiger partial charge in [0.15, 0.2) is 0 Å². The van der Waals surface area contributed by atoms with E-state index in [0.29, 0.717) is 13.1 Å². The molecule has 4 nitrogen and oxygen atoms in total. The molecule has 1 aromatic carbocycles. The summed E-state index contributed by atoms with van der Waals surface area (Å²) in [5, 5.41) is 3.09. The minimum Gasteiger partial charge on any atom is -0.362 e. The molecule has 1 aromatic rings. The highest BCUT2D eigenvalue weighted by Crippen LogP contribution is 2.16. The van der Waals surface area contributed by atoms with Gasteiger partial charge in [-0.05, 0) is 57.9 Å². The first-order valence-electron chi connectivity index (χ1n) is 7.70. The van der Waals surface area contributed by atoms with Crippen molar-refractivity contribution < 1.29 is 4.79 Å². The molecule has 0 spiro atoms. The second kappa shape index (κ2) is 8.03. The van der Waals surface area contributed by atoms with E-state index in [9.17, 15) is 4.79 Å². The molecule has 0 saturated heterocycles. The van der Waals surface area contributed by atoms with Crippen molar-refractivity contribution in [3.05, 3.63) is 29.8 Å². The summed E-state index contributed by atoms with van der Waals surface area (Å²) in [4.78, 5) is 14.4. The number of amides is 1. The van der Waals surface area contributed by atoms with Crippen molar-refractivity contribution in [3.8, 4) is 0 Å². The molecule has 1 rings (SSSR count). The van der Waals surface area contributed by atoms with Crippen LogP contribution in [0.5, 0.6) is 0 Å². The molecule has 0 aliphatic rings. The first-order chi connectivity index (χ1) is 9.88. The minimum absolute atomic E-state index is 0.0559. The Morgan fingerprint density at radius 1 is 1.38 bits per heavy atom. The van der Waals surface area contributed by atoms with Gasteiger partial charge in [0, 0.05) is 17.8 Å². The number of anilines is 1. The maximum absolute atomic E-state index is 12.3. The molecule has 0 saturated carbocycles. The topological polar surface area (TPSA) is 58.4 Å². The molecular formula is C17H29N3O. The number of nitrogens with two attached hydrogens (primary N) is 1. The second-order valence-electron chi connectivity index (χ2n) is 6.19. The predicted octanol–water partition coefficient (Wildman–Crippen LogP) is 2.46. The van der Waals surface area contributed by atoms with Crippen LogP contribution in [0, 0.1) is 6.92 Å². The lowest BCUT2D eigenvalue weighted by Gasteiger charge is -2.29. The van der Waals surface area contributed by atoms with Crippen LogP contribution in [-0.2, 0) is 4.79 Å². The Morgan fingerprint density at radius 2 is 2.10 bits per heavy atom. The number of nitrogens with one attached hydrogen (secondary N) is 1. The lowest BCUT2D eigenvalue weighted by atomic mass is 10.0. The number of carbonyl (C=O) groups excluding carboxylic acids is 1. The molecule has 0 fully saturated rings. The Labute approximate surface area is 128 Å². The van der Waals surface area contributed by atoms with Gasteiger partial charge in [-0.25, -0.2) is 0 Å². The molecule has 0 unspecified atom stereocenters. The van der Waals surface area contributed by atoms with E-state index < -0.39 is 0 Å². The van der Waals surface area contributed by atoms with Crippen molar-refractivity contribution >= 4 is 11.6 Å². The molecule has 0 aromatic heterocycles. The molecule has 0 heterocycles. The highest BCUT2D eigenvalue weighted by molar-refractivity contribution is 5.82. The van der Waals surface area contributed by atoms with Crippen LogP contribution in [0.4, 0.5) is 5.69 Å². The van der Waals surface area contributed by atoms with Crippen LogP contribution in [0.15, 0.2) is 24.3 Å². The number of hydrogen-bond donors (Lipinski definition) is 2. The molecule has 3 N–H and O–H groups in total. The number of aryl methyl sites for hydroxylation is 1. The lowest BCUT2D eigenvalue weighted by molar-refractivity contribution is -0.121. The number of nitrogens with zero attached hydrogens (tertiary/aromatic N) is 1. The highest BCUT2D eigenvalue weighted by atomic mass is 16.2. The van der Waals surface area contributed by atoms with E-state index in [0.717, 1.165) is 25.1 Å². The molecule has 21 heavy (non-hydrogen) atoms. The van der Waals surface area contributed by atoms with Gasteiger partial charge < -0.3 is 16.0 Å². The van der Waals surface area contributed by atoms with Crippen molar-refractivity contribution in [3.63, 3.8) is 0 Å². The van der Waals surface area contributed by atoms with E-state index in [1.165, 1.54) is 5.56 Å². The van der Waals surface area contributed by atoms with Crippen molar-refractivity contribution in [1.82, 2.24) is 5.32 Å². The maximum atomic E-state index is 12.3. The van der Waals surface area contributed by atoms with Crippen LogP contribution >= 0.6 is 0 Å². The molecule has 0 atom stereocenters. The first-order valence-corrected chi connectivity index (χ1v) is 7.70. The quantitative estimate of drug-likeness (QED) is 0.773. The van der Waals surface area contributed by atoms with Crippen LogP contribution in [0.2, 0.25) is 0 Å². The predicted molar refractivity (Wildman–Crippen MR) is 89.6 cm³/mol. The summed E-state index contributed by atoms with van der Waals surface area (Å²) in [7, 11) is 0. The lowest BCUT2D eigenvalue weighted by Crippen LogP contribution is -2.47. The van der Waals surface area contributed by atoms with E-state index in [-0.39, 0.29) is 11.4 Å². The Bertz CT molecular complexity index is 457. The minimum atomic E-state index is -0.163. The van der Waals surface area contributed by atoms with Gasteiger partial charge in [0.2, 0.25) is 5.91 Å². The van der Waals surface area contributed by atoms with Crippen LogP contribution in [0.3, 0.4) is 0 Å². The van der Waals surface area contributed by atoms with Gasteiger partial charge in [0.1, 0.15) is 0 Å². The van der Waals surface area contributed by atoms with Gasteiger partial charge in [-0.3, -0.25) is 4.79 Å². The third kappa shape index (κ3) is 6.17. The van der Waals surface area contributed by atoms with Gasteiger partial charge in [-0.1, -0.05) is 19.1 Å². The summed E-state index contributed by atoms with van der Waals surface area (Å²) in [5.74, 6) is 0.0559. The van der Waals surface area contributed by atoms with E-state index >= 15 is 0 Å². The molecular weight excluding hydrogens is 262 g/mol. The molecule has 118 valence electrons. The molecule has 0 aliphatic carbocycles. The molecule has 0 bridgehead atoms. The van der Waals surface area contributed by atoms with Crippen LogP contribution < -0.4 is 16.0 Å². The van der Waals surface area contributed by atoms with Gasteiger partial charge >= 0.3 is 0 Å². The average Bonchev–Trinajstić information content (AvgIpc) is 2.43. The normalized spacial score (nSPS) is 11.3. The molecule has 0 radical (unpaired) electrons. The van der Waals surface area contributed by atoms with E-state index in [4.69, 9.17) is 5.73 Å². The zero-order valence-corrected chi connectivity index (χ0v) is 13.8. The van der Waals surface area contributed by atoms with Gasteiger partial charge in [0.25, 0.3) is 0 Å². The maximum Gasteiger partial charge on any atom is 0.239 e. The Morgan fingerprint density at radius 3 is 2.67 bits per heavy atom. The third-order valence-electron chi connectivity index (χ3n) is 3.70. The fraction of sp³-hybridized carbons (Fsp3) is 0.588. The van der Waals surface area contributed by atoms with E-state index in [2.05, 4.69) is 36.2 Å². The zero-order valence-electron chi connectivity index (χ0n) is 13.8. The Kier molecular flexibility index (Phi) is 6.69. The zero-order chi connectivity index (χ0) is 15.9. The SMILES string of the molecule is CCC(C)(C)NC(=O)CN(CCCN)c1cccc(C)c1. The summed E-state index contributed by atoms with van der Waals surface area (Å²) in [6, 6.07) is 8.23. The highest BCUT2D eigenvalue weighted by Gasteiger charge is 2.19. The first kappa shape index (κ1) is 17.5. The fourth-order valence-corrected chi connectivity index (χ4v) is 2.08. The smallest absolute Gasteiger partial charge is 0.239 e. The van der Waals surface area contributed by atoms with Crippen molar-refractivity contribution in [2.24, 2.45) is 5.73 Å². The van der Waals surface area contributed by atoms with E-state index in [1.54, 1.807) is 0 Å². The Hall–Kier alpha value is -1.55. The molecule has 1 amide bonds. The van der Waals surface area contributed by atoms with Crippen LogP contribution in [-0.4, -0.2) is 31.1 Å². The molecule has 0 aliphatic heterocycles. The summed E-state index contributed by atoms with van der Waals surface area (Å²) in [6.45, 7) is 10.0. The average molecular weight is 291 g/mol. The van der Waals surface area contributed by atoms with Gasteiger partial charge in [-0.2, -0.15) is 0 Å². The number of rotatable bonds is 8. The largest absolute Gasteiger partial charge is 0.362 e. The third-order valence-corrected chi connectivity index (χ3v) is 3.70. The summed E-state index contributed by atoms with van der Waals surface area (Å²) < 4.78 is 0. The standard InChI is InChI=1S/C17H29N3O/c1-5-17(3,4)19-16(21)13-20(11-7-10-18)15-9-6-8-14(2)12-15/h6,8-9,12H,5,7,10-11,13,18H2,1-4H3,(H,19,21). The number of carbonyl (C=O) groups is 1. The summed E-state index contributed by atoms with van der Waals surface area (Å²) >= 11 is 0. The summed E-state index contributed by atoms with van der Waals surface area (Å²) in [6.07, 6.45) is 1.78. The number of hydrogen-bond acceptors (Lipinski definition) is 3. The van der Waals surface area contributed by atoms with Crippen LogP contribution in [0.1, 0.15) is 39.2 Å². The Balaban J connectivity index is 2.77. The molecule has 4 heteroatoms. The second-order valence-corrected chi connectivity index (χ2v) is 6.19. The van der Waals surface area contributed by atoms with E-state index in [1.807, 2.05) is 26.0 Å². The van der Waals surface area contributed by atoms with Gasteiger partial charge in [0.05, 0.1) is 6.54 Å².